The van der Waals surface area contributed by atoms with E-state index < -0.39 is 36.8 Å². The Morgan fingerprint density at radius 3 is 2.16 bits per heavy atom. The van der Waals surface area contributed by atoms with Crippen LogP contribution in [0.2, 0.25) is 0 Å². The summed E-state index contributed by atoms with van der Waals surface area (Å²) in [6.45, 7) is 3.67. The van der Waals surface area contributed by atoms with Gasteiger partial charge in [0.2, 0.25) is 18.2 Å². The first-order valence-electron chi connectivity index (χ1n) is 7.86. The van der Waals surface area contributed by atoms with Crippen LogP contribution in [0, 0.1) is 5.92 Å². The third-order valence-electron chi connectivity index (χ3n) is 3.32. The molecule has 2 amide bonds. The van der Waals surface area contributed by atoms with Crippen LogP contribution in [0.5, 0.6) is 0 Å². The molecule has 2 unspecified atom stereocenters. The van der Waals surface area contributed by atoms with Gasteiger partial charge in [-0.05, 0) is 11.5 Å². The van der Waals surface area contributed by atoms with Gasteiger partial charge in [-0.2, -0.15) is 0 Å². The van der Waals surface area contributed by atoms with Crippen LogP contribution >= 0.6 is 0 Å². The van der Waals surface area contributed by atoms with E-state index in [1.807, 2.05) is 13.8 Å². The van der Waals surface area contributed by atoms with Gasteiger partial charge in [0.15, 0.2) is 0 Å². The summed E-state index contributed by atoms with van der Waals surface area (Å²) in [7, 11) is 0. The highest BCUT2D eigenvalue weighted by atomic mass is 19.3. The fraction of sp³-hybridized carbons (Fsp3) is 0.471. The van der Waals surface area contributed by atoms with E-state index in [0.29, 0.717) is 5.56 Å². The summed E-state index contributed by atoms with van der Waals surface area (Å²) >= 11 is 0. The Kier molecular flexibility index (Phi) is 7.97. The molecular formula is C17H22F2N2O4. The number of hydrogen-bond donors (Lipinski definition) is 3. The molecule has 0 aliphatic heterocycles. The molecule has 138 valence electrons. The van der Waals surface area contributed by atoms with E-state index in [1.54, 1.807) is 30.3 Å². The quantitative estimate of drug-likeness (QED) is 0.631. The van der Waals surface area contributed by atoms with Crippen LogP contribution in [-0.4, -0.2) is 35.4 Å². The fourth-order valence-electron chi connectivity index (χ4n) is 2.19. The molecule has 8 heteroatoms. The summed E-state index contributed by atoms with van der Waals surface area (Å²) in [5.74, 6) is -2.74. The molecule has 0 aliphatic rings. The maximum atomic E-state index is 12.5. The van der Waals surface area contributed by atoms with E-state index in [0.717, 1.165) is 0 Å². The minimum absolute atomic E-state index is 0.0603. The molecule has 0 aromatic heterocycles. The number of nitrogens with one attached hydrogen (secondary N) is 2. The molecular weight excluding hydrogens is 334 g/mol. The average molecular weight is 356 g/mol. The molecule has 3 N–H and O–H groups in total. The van der Waals surface area contributed by atoms with Gasteiger partial charge in [-0.3, -0.25) is 9.59 Å². The average Bonchev–Trinajstić information content (AvgIpc) is 2.51. The van der Waals surface area contributed by atoms with E-state index in [9.17, 15) is 23.2 Å². The summed E-state index contributed by atoms with van der Waals surface area (Å²) in [6.07, 6.45) is -3.72. The SMILES string of the molecule is CC(C)CC(=O)NC(C(=O)NC(CC(F)F)C(=O)O)c1ccccc1. The molecule has 0 fully saturated rings. The molecule has 0 aliphatic carbocycles. The maximum absolute atomic E-state index is 12.5. The standard InChI is InChI=1S/C17H22F2N2O4/c1-10(2)8-14(22)21-15(11-6-4-3-5-7-11)16(23)20-12(17(24)25)9-13(18)19/h3-7,10,12-13,15H,8-9H2,1-2H3,(H,20,23)(H,21,22)(H,24,25). The lowest BCUT2D eigenvalue weighted by atomic mass is 10.0. The van der Waals surface area contributed by atoms with Crippen molar-refractivity contribution in [1.29, 1.82) is 0 Å². The van der Waals surface area contributed by atoms with Gasteiger partial charge in [-0.15, -0.1) is 0 Å². The summed E-state index contributed by atoms with van der Waals surface area (Å²) in [4.78, 5) is 35.5. The number of rotatable bonds is 9. The highest BCUT2D eigenvalue weighted by molar-refractivity contribution is 5.91. The van der Waals surface area contributed by atoms with Crippen molar-refractivity contribution in [2.24, 2.45) is 5.92 Å². The molecule has 1 aromatic rings. The first kappa shape index (κ1) is 20.5. The summed E-state index contributed by atoms with van der Waals surface area (Å²) < 4.78 is 25.0. The van der Waals surface area contributed by atoms with Gasteiger partial charge in [0.25, 0.3) is 0 Å². The zero-order chi connectivity index (χ0) is 19.0. The number of hydrogen-bond acceptors (Lipinski definition) is 3. The molecule has 0 bridgehead atoms. The summed E-state index contributed by atoms with van der Waals surface area (Å²) in [6, 6.07) is 5.29. The Hall–Kier alpha value is -2.51. The van der Waals surface area contributed by atoms with Crippen LogP contribution in [0.1, 0.15) is 38.3 Å². The summed E-state index contributed by atoms with van der Waals surface area (Å²) in [5, 5.41) is 13.6. The smallest absolute Gasteiger partial charge is 0.326 e. The molecule has 0 heterocycles. The van der Waals surface area contributed by atoms with Gasteiger partial charge >= 0.3 is 5.97 Å². The van der Waals surface area contributed by atoms with Crippen molar-refractivity contribution in [2.75, 3.05) is 0 Å². The summed E-state index contributed by atoms with van der Waals surface area (Å²) in [5.41, 5.74) is 0.429. The van der Waals surface area contributed by atoms with Gasteiger partial charge in [-0.25, -0.2) is 13.6 Å². The van der Waals surface area contributed by atoms with Gasteiger partial charge in [0.1, 0.15) is 12.1 Å². The molecule has 0 saturated carbocycles. The largest absolute Gasteiger partial charge is 0.480 e. The number of amides is 2. The van der Waals surface area contributed by atoms with Crippen molar-refractivity contribution < 1.29 is 28.3 Å². The minimum atomic E-state index is -2.88. The minimum Gasteiger partial charge on any atom is -0.480 e. The number of alkyl halides is 2. The lowest BCUT2D eigenvalue weighted by Gasteiger charge is -2.22. The molecule has 0 saturated heterocycles. The predicted octanol–water partition coefficient (Wildman–Crippen LogP) is 2.11. The third-order valence-corrected chi connectivity index (χ3v) is 3.32. The topological polar surface area (TPSA) is 95.5 Å². The lowest BCUT2D eigenvalue weighted by Crippen LogP contribution is -2.48. The van der Waals surface area contributed by atoms with E-state index >= 15 is 0 Å². The van der Waals surface area contributed by atoms with E-state index in [2.05, 4.69) is 10.6 Å². The van der Waals surface area contributed by atoms with Crippen LogP contribution in [0.3, 0.4) is 0 Å². The highest BCUT2D eigenvalue weighted by Gasteiger charge is 2.29. The fourth-order valence-corrected chi connectivity index (χ4v) is 2.19. The van der Waals surface area contributed by atoms with E-state index in [1.165, 1.54) is 0 Å². The Bertz CT molecular complexity index is 594. The first-order valence-corrected chi connectivity index (χ1v) is 7.86. The number of aliphatic carboxylic acids is 1. The van der Waals surface area contributed by atoms with Crippen molar-refractivity contribution >= 4 is 17.8 Å². The van der Waals surface area contributed by atoms with Crippen molar-refractivity contribution in [3.63, 3.8) is 0 Å². The second-order valence-corrected chi connectivity index (χ2v) is 6.04. The molecule has 25 heavy (non-hydrogen) atoms. The second kappa shape index (κ2) is 9.71. The molecule has 0 radical (unpaired) electrons. The molecule has 2 atom stereocenters. The number of benzene rings is 1. The molecule has 6 nitrogen and oxygen atoms in total. The van der Waals surface area contributed by atoms with Gasteiger partial charge in [0, 0.05) is 12.8 Å². The van der Waals surface area contributed by atoms with Crippen LogP contribution in [0.25, 0.3) is 0 Å². The predicted molar refractivity (Wildman–Crippen MR) is 87.0 cm³/mol. The van der Waals surface area contributed by atoms with Crippen LogP contribution in [0.4, 0.5) is 8.78 Å². The Morgan fingerprint density at radius 1 is 1.08 bits per heavy atom. The van der Waals surface area contributed by atoms with Crippen LogP contribution < -0.4 is 10.6 Å². The highest BCUT2D eigenvalue weighted by Crippen LogP contribution is 2.15. The van der Waals surface area contributed by atoms with Crippen LogP contribution in [-0.2, 0) is 14.4 Å². The maximum Gasteiger partial charge on any atom is 0.326 e. The first-order chi connectivity index (χ1) is 11.7. The van der Waals surface area contributed by atoms with Gasteiger partial charge in [-0.1, -0.05) is 44.2 Å². The van der Waals surface area contributed by atoms with Crippen molar-refractivity contribution in [3.05, 3.63) is 35.9 Å². The lowest BCUT2D eigenvalue weighted by molar-refractivity contribution is -0.143. The third kappa shape index (κ3) is 7.28. The van der Waals surface area contributed by atoms with Crippen molar-refractivity contribution in [3.8, 4) is 0 Å². The number of carbonyl (C=O) groups is 3. The molecule has 1 rings (SSSR count). The zero-order valence-corrected chi connectivity index (χ0v) is 14.0. The van der Waals surface area contributed by atoms with Gasteiger partial charge in [0.05, 0.1) is 0 Å². The number of carbonyl (C=O) groups excluding carboxylic acids is 2. The molecule has 0 spiro atoms. The van der Waals surface area contributed by atoms with E-state index in [4.69, 9.17) is 5.11 Å². The second-order valence-electron chi connectivity index (χ2n) is 6.04. The van der Waals surface area contributed by atoms with Crippen molar-refractivity contribution in [2.45, 2.75) is 45.2 Å². The number of carboxylic acids is 1. The zero-order valence-electron chi connectivity index (χ0n) is 14.0. The Morgan fingerprint density at radius 2 is 1.68 bits per heavy atom. The number of halogens is 2. The van der Waals surface area contributed by atoms with Crippen LogP contribution in [0.15, 0.2) is 30.3 Å². The normalized spacial score (nSPS) is 13.4. The Labute approximate surface area is 144 Å². The van der Waals surface area contributed by atoms with Gasteiger partial charge < -0.3 is 15.7 Å². The molecule has 1 aromatic carbocycles. The van der Waals surface area contributed by atoms with Crippen molar-refractivity contribution in [1.82, 2.24) is 10.6 Å². The number of carboxylic acid groups (broad SMARTS) is 1. The van der Waals surface area contributed by atoms with E-state index in [-0.39, 0.29) is 18.2 Å². The monoisotopic (exact) mass is 356 g/mol. The Balaban J connectivity index is 2.95.